The fourth-order valence-corrected chi connectivity index (χ4v) is 3.77. The molecule has 2 unspecified atom stereocenters. The lowest BCUT2D eigenvalue weighted by molar-refractivity contribution is 0.0410. The zero-order chi connectivity index (χ0) is 11.5. The lowest BCUT2D eigenvalue weighted by Crippen LogP contribution is -2.55. The molecule has 0 spiro atoms. The van der Waals surface area contributed by atoms with Crippen LogP contribution in [-0.2, 0) is 0 Å². The molecule has 2 saturated heterocycles. The van der Waals surface area contributed by atoms with E-state index in [-0.39, 0.29) is 0 Å². The molecule has 0 aromatic heterocycles. The molecule has 2 aliphatic heterocycles. The first-order valence-corrected chi connectivity index (χ1v) is 7.53. The molecule has 96 valence electrons. The van der Waals surface area contributed by atoms with E-state index in [4.69, 9.17) is 0 Å². The average Bonchev–Trinajstić information content (AvgIpc) is 2.40. The van der Waals surface area contributed by atoms with Crippen LogP contribution in [0.3, 0.4) is 0 Å². The highest BCUT2D eigenvalue weighted by Crippen LogP contribution is 2.24. The molecule has 0 N–H and O–H groups in total. The zero-order valence-electron chi connectivity index (χ0n) is 11.0. The molecule has 3 rings (SSSR count). The summed E-state index contributed by atoms with van der Waals surface area (Å²) < 4.78 is 0. The van der Waals surface area contributed by atoms with Gasteiger partial charge < -0.3 is 4.90 Å². The SMILES string of the molecule is C1=CCC(CN2CCN3CCCCC3C2)CC1. The highest BCUT2D eigenvalue weighted by atomic mass is 15.3. The van der Waals surface area contributed by atoms with Gasteiger partial charge in [0.05, 0.1) is 0 Å². The third-order valence-electron chi connectivity index (χ3n) is 4.82. The molecule has 2 fully saturated rings. The van der Waals surface area contributed by atoms with E-state index >= 15 is 0 Å². The molecule has 0 aromatic carbocycles. The Bertz CT molecular complexity index is 274. The van der Waals surface area contributed by atoms with Crippen molar-refractivity contribution in [2.24, 2.45) is 5.92 Å². The number of piperazine rings is 1. The maximum atomic E-state index is 2.75. The van der Waals surface area contributed by atoms with E-state index < -0.39 is 0 Å². The number of hydrogen-bond donors (Lipinski definition) is 0. The molecule has 2 heteroatoms. The minimum absolute atomic E-state index is 0.886. The monoisotopic (exact) mass is 234 g/mol. The van der Waals surface area contributed by atoms with Gasteiger partial charge in [0, 0.05) is 32.2 Å². The second-order valence-electron chi connectivity index (χ2n) is 6.10. The van der Waals surface area contributed by atoms with E-state index in [9.17, 15) is 0 Å². The van der Waals surface area contributed by atoms with Gasteiger partial charge in [-0.15, -0.1) is 0 Å². The molecule has 0 aromatic rings. The highest BCUT2D eigenvalue weighted by Gasteiger charge is 2.29. The Morgan fingerprint density at radius 3 is 2.88 bits per heavy atom. The van der Waals surface area contributed by atoms with Gasteiger partial charge in [-0.2, -0.15) is 0 Å². The van der Waals surface area contributed by atoms with Crippen LogP contribution in [0.1, 0.15) is 38.5 Å². The summed E-state index contributed by atoms with van der Waals surface area (Å²) in [6.07, 6.45) is 13.1. The van der Waals surface area contributed by atoms with E-state index in [0.717, 1.165) is 12.0 Å². The summed E-state index contributed by atoms with van der Waals surface area (Å²) >= 11 is 0. The van der Waals surface area contributed by atoms with Crippen LogP contribution in [0.5, 0.6) is 0 Å². The fraction of sp³-hybridized carbons (Fsp3) is 0.867. The maximum Gasteiger partial charge on any atom is 0.0223 e. The predicted molar refractivity (Wildman–Crippen MR) is 72.1 cm³/mol. The molecule has 1 aliphatic carbocycles. The predicted octanol–water partition coefficient (Wildman–Crippen LogP) is 2.51. The van der Waals surface area contributed by atoms with Gasteiger partial charge in [-0.25, -0.2) is 0 Å². The average molecular weight is 234 g/mol. The van der Waals surface area contributed by atoms with Crippen LogP contribution in [0.25, 0.3) is 0 Å². The van der Waals surface area contributed by atoms with Crippen LogP contribution < -0.4 is 0 Å². The van der Waals surface area contributed by atoms with Crippen molar-refractivity contribution >= 4 is 0 Å². The Kier molecular flexibility index (Phi) is 3.82. The Labute approximate surface area is 106 Å². The zero-order valence-corrected chi connectivity index (χ0v) is 11.0. The van der Waals surface area contributed by atoms with E-state index in [2.05, 4.69) is 22.0 Å². The molecule has 2 atom stereocenters. The molecule has 17 heavy (non-hydrogen) atoms. The Morgan fingerprint density at radius 2 is 2.00 bits per heavy atom. The molecule has 2 nitrogen and oxygen atoms in total. The topological polar surface area (TPSA) is 6.48 Å². The summed E-state index contributed by atoms with van der Waals surface area (Å²) in [7, 11) is 0. The quantitative estimate of drug-likeness (QED) is 0.677. The Balaban J connectivity index is 1.50. The summed E-state index contributed by atoms with van der Waals surface area (Å²) in [5.41, 5.74) is 0. The van der Waals surface area contributed by atoms with Gasteiger partial charge in [0.25, 0.3) is 0 Å². The van der Waals surface area contributed by atoms with Gasteiger partial charge in [-0.05, 0) is 44.6 Å². The van der Waals surface area contributed by atoms with Crippen molar-refractivity contribution in [1.29, 1.82) is 0 Å². The summed E-state index contributed by atoms with van der Waals surface area (Å²) in [5, 5.41) is 0. The third kappa shape index (κ3) is 2.92. The first-order valence-electron chi connectivity index (χ1n) is 7.53. The van der Waals surface area contributed by atoms with Gasteiger partial charge in [0.15, 0.2) is 0 Å². The maximum absolute atomic E-state index is 2.75. The van der Waals surface area contributed by atoms with Gasteiger partial charge >= 0.3 is 0 Å². The van der Waals surface area contributed by atoms with Crippen molar-refractivity contribution in [2.45, 2.75) is 44.6 Å². The highest BCUT2D eigenvalue weighted by molar-refractivity contribution is 4.92. The Morgan fingerprint density at radius 1 is 1.00 bits per heavy atom. The Hall–Kier alpha value is -0.340. The van der Waals surface area contributed by atoms with E-state index in [1.807, 2.05) is 0 Å². The normalized spacial score (nSPS) is 35.8. The van der Waals surface area contributed by atoms with Crippen molar-refractivity contribution in [1.82, 2.24) is 9.80 Å². The second kappa shape index (κ2) is 5.53. The van der Waals surface area contributed by atoms with Crippen LogP contribution >= 0.6 is 0 Å². The van der Waals surface area contributed by atoms with Crippen LogP contribution in [0, 0.1) is 5.92 Å². The van der Waals surface area contributed by atoms with E-state index in [1.54, 1.807) is 0 Å². The molecule has 3 aliphatic rings. The van der Waals surface area contributed by atoms with Gasteiger partial charge in [0.1, 0.15) is 0 Å². The first kappa shape index (κ1) is 11.7. The van der Waals surface area contributed by atoms with Gasteiger partial charge in [-0.1, -0.05) is 18.6 Å². The summed E-state index contributed by atoms with van der Waals surface area (Å²) in [4.78, 5) is 5.48. The first-order chi connectivity index (χ1) is 8.42. The molecular formula is C15H26N2. The molecule has 0 radical (unpaired) electrons. The van der Waals surface area contributed by atoms with Crippen molar-refractivity contribution in [3.8, 4) is 0 Å². The second-order valence-corrected chi connectivity index (χ2v) is 6.10. The number of rotatable bonds is 2. The minimum atomic E-state index is 0.886. The smallest absolute Gasteiger partial charge is 0.0223 e. The van der Waals surface area contributed by atoms with Gasteiger partial charge in [-0.3, -0.25) is 4.90 Å². The van der Waals surface area contributed by atoms with Crippen molar-refractivity contribution < 1.29 is 0 Å². The van der Waals surface area contributed by atoms with Crippen molar-refractivity contribution in [3.05, 3.63) is 12.2 Å². The fourth-order valence-electron chi connectivity index (χ4n) is 3.77. The molecule has 0 bridgehead atoms. The van der Waals surface area contributed by atoms with Crippen LogP contribution in [0.2, 0.25) is 0 Å². The molecular weight excluding hydrogens is 208 g/mol. The largest absolute Gasteiger partial charge is 0.300 e. The van der Waals surface area contributed by atoms with Crippen molar-refractivity contribution in [3.63, 3.8) is 0 Å². The van der Waals surface area contributed by atoms with Crippen LogP contribution in [-0.4, -0.2) is 48.6 Å². The lowest BCUT2D eigenvalue weighted by atomic mass is 9.92. The summed E-state index contributed by atoms with van der Waals surface area (Å²) in [5.74, 6) is 0.940. The molecule has 2 heterocycles. The minimum Gasteiger partial charge on any atom is -0.300 e. The van der Waals surface area contributed by atoms with Crippen LogP contribution in [0.15, 0.2) is 12.2 Å². The number of fused-ring (bicyclic) bond motifs is 1. The number of allylic oxidation sites excluding steroid dienone is 2. The number of nitrogens with zero attached hydrogens (tertiary/aromatic N) is 2. The lowest BCUT2D eigenvalue weighted by Gasteiger charge is -2.45. The van der Waals surface area contributed by atoms with E-state index in [1.165, 1.54) is 71.2 Å². The summed E-state index contributed by atoms with van der Waals surface area (Å²) in [6.45, 7) is 6.71. The summed E-state index contributed by atoms with van der Waals surface area (Å²) in [6, 6.07) is 0.886. The number of piperidine rings is 1. The molecule has 0 amide bonds. The standard InChI is InChI=1S/C15H26N2/c1-2-6-14(7-3-1)12-16-10-11-17-9-5-4-8-15(17)13-16/h1-2,14-15H,3-13H2. The van der Waals surface area contributed by atoms with Crippen LogP contribution in [0.4, 0.5) is 0 Å². The van der Waals surface area contributed by atoms with E-state index in [0.29, 0.717) is 0 Å². The molecule has 0 saturated carbocycles. The number of hydrogen-bond acceptors (Lipinski definition) is 2. The van der Waals surface area contributed by atoms with Gasteiger partial charge in [0.2, 0.25) is 0 Å². The third-order valence-corrected chi connectivity index (χ3v) is 4.82. The van der Waals surface area contributed by atoms with Crippen molar-refractivity contribution in [2.75, 3.05) is 32.7 Å².